The van der Waals surface area contributed by atoms with Gasteiger partial charge in [-0.25, -0.2) is 11.2 Å². The minimum Gasteiger partial charge on any atom is -0.497 e. The van der Waals surface area contributed by atoms with Gasteiger partial charge in [0.05, 0.1) is 46.2 Å². The minimum absolute atomic E-state index is 0.0188. The molecule has 0 spiro atoms. The Morgan fingerprint density at radius 1 is 0.763 bits per heavy atom. The molecule has 5 rings (SSSR count). The third-order valence-electron chi connectivity index (χ3n) is 10.8. The first-order valence-electron chi connectivity index (χ1n) is 20.3. The Morgan fingerprint density at radius 2 is 1.31 bits per heavy atom. The molecule has 6 unspecified atom stereocenters. The Morgan fingerprint density at radius 3 is 1.83 bits per heavy atom. The maximum absolute atomic E-state index is 13.6. The van der Waals surface area contributed by atoms with Gasteiger partial charge in [-0.1, -0.05) is 86.6 Å². The average molecular weight is 826 g/mol. The number of amides is 1. The molecule has 4 aromatic rings. The van der Waals surface area contributed by atoms with E-state index in [2.05, 4.69) is 68.5 Å². The molecule has 11 nitrogen and oxygen atoms in total. The molecule has 6 atom stereocenters. The van der Waals surface area contributed by atoms with Gasteiger partial charge in [-0.15, -0.1) is 0 Å². The predicted octanol–water partition coefficient (Wildman–Crippen LogP) is 9.12. The summed E-state index contributed by atoms with van der Waals surface area (Å²) in [5.41, 5.74) is 2.27. The van der Waals surface area contributed by atoms with E-state index in [1.807, 2.05) is 84.9 Å². The van der Waals surface area contributed by atoms with E-state index in [1.54, 1.807) is 26.4 Å². The van der Waals surface area contributed by atoms with E-state index >= 15 is 0 Å². The van der Waals surface area contributed by atoms with E-state index < -0.39 is 26.5 Å². The molecule has 59 heavy (non-hydrogen) atoms. The van der Waals surface area contributed by atoms with E-state index in [9.17, 15) is 4.79 Å². The van der Waals surface area contributed by atoms with Crippen LogP contribution in [-0.4, -0.2) is 88.3 Å². The van der Waals surface area contributed by atoms with Gasteiger partial charge in [0.25, 0.3) is 14.4 Å². The second-order valence-electron chi connectivity index (χ2n) is 15.2. The van der Waals surface area contributed by atoms with Crippen LogP contribution in [0, 0.1) is 18.4 Å². The SMILES string of the molecule is [C-]#[N+]CCOP(OCC1OC(OCCOC(c2ccccc2)(c2ccc(OC)cc2)c2ccc(OC)cc2)C(NC(=O)c2ccccc2)C(C)C1C)N(C(C)C)C(C)C. The zero-order chi connectivity index (χ0) is 42.4. The summed E-state index contributed by atoms with van der Waals surface area (Å²) < 4.78 is 46.5. The molecule has 0 saturated carbocycles. The molecular weight excluding hydrogens is 766 g/mol. The molecule has 0 radical (unpaired) electrons. The summed E-state index contributed by atoms with van der Waals surface area (Å²) in [6.45, 7) is 21.0. The van der Waals surface area contributed by atoms with Crippen molar-refractivity contribution in [3.8, 4) is 11.5 Å². The highest BCUT2D eigenvalue weighted by Gasteiger charge is 2.44. The van der Waals surface area contributed by atoms with Crippen LogP contribution in [0.25, 0.3) is 4.85 Å². The molecule has 1 heterocycles. The van der Waals surface area contributed by atoms with Gasteiger partial charge in [-0.3, -0.25) is 4.79 Å². The third-order valence-corrected chi connectivity index (χ3v) is 12.9. The zero-order valence-electron chi connectivity index (χ0n) is 35.6. The number of ether oxygens (including phenoxy) is 5. The summed E-state index contributed by atoms with van der Waals surface area (Å²) >= 11 is 0. The Kier molecular flexibility index (Phi) is 17.3. The number of nitrogens with zero attached hydrogens (tertiary/aromatic N) is 2. The van der Waals surface area contributed by atoms with Gasteiger partial charge in [0, 0.05) is 17.6 Å². The van der Waals surface area contributed by atoms with E-state index in [4.69, 9.17) is 39.3 Å². The van der Waals surface area contributed by atoms with Crippen molar-refractivity contribution in [2.45, 2.75) is 77.7 Å². The Labute approximate surface area is 352 Å². The number of methoxy groups -OCH3 is 2. The van der Waals surface area contributed by atoms with Gasteiger partial charge >= 0.3 is 0 Å². The first-order valence-corrected chi connectivity index (χ1v) is 21.5. The standard InChI is InChI=1S/C47H60N3O8P/c1-33(2)50(34(3)4)59(56-29-28-48-7)57-32-43-35(5)36(6)44(49-45(51)37-16-12-10-13-17-37)46(58-43)54-30-31-55-47(38-18-14-11-15-19-38,39-20-24-41(52-8)25-21-39)40-22-26-42(53-9)27-23-40/h10-27,33-36,43-44,46H,28-32H2,1-6,8-9H3,(H,49,51). The van der Waals surface area contributed by atoms with Gasteiger partial charge in [-0.2, -0.15) is 0 Å². The first-order chi connectivity index (χ1) is 28.5. The highest BCUT2D eigenvalue weighted by molar-refractivity contribution is 7.44. The number of rotatable bonds is 21. The lowest BCUT2D eigenvalue weighted by atomic mass is 9.80. The van der Waals surface area contributed by atoms with Crippen LogP contribution >= 0.6 is 8.53 Å². The van der Waals surface area contributed by atoms with Crippen molar-refractivity contribution in [1.82, 2.24) is 9.99 Å². The number of carbonyl (C=O) groups is 1. The fraction of sp³-hybridized carbons (Fsp3) is 0.447. The lowest BCUT2D eigenvalue weighted by Crippen LogP contribution is -2.58. The monoisotopic (exact) mass is 825 g/mol. The lowest BCUT2D eigenvalue weighted by molar-refractivity contribution is -0.244. The number of hydrogen-bond acceptors (Lipinski definition) is 9. The van der Waals surface area contributed by atoms with Crippen LogP contribution in [-0.2, 0) is 28.9 Å². The lowest BCUT2D eigenvalue weighted by Gasteiger charge is -2.45. The van der Waals surface area contributed by atoms with Gasteiger partial charge in [-0.05, 0) is 92.6 Å². The fourth-order valence-electron chi connectivity index (χ4n) is 7.53. The highest BCUT2D eigenvalue weighted by Crippen LogP contribution is 2.47. The van der Waals surface area contributed by atoms with Crippen LogP contribution in [0.3, 0.4) is 0 Å². The van der Waals surface area contributed by atoms with E-state index in [1.165, 1.54) is 0 Å². The van der Waals surface area contributed by atoms with E-state index in [0.717, 1.165) is 28.2 Å². The van der Waals surface area contributed by atoms with Gasteiger partial charge in [0.2, 0.25) is 6.54 Å². The van der Waals surface area contributed by atoms with Crippen LogP contribution in [0.5, 0.6) is 11.5 Å². The maximum Gasteiger partial charge on any atom is 0.259 e. The van der Waals surface area contributed by atoms with Crippen LogP contribution in [0.15, 0.2) is 109 Å². The quantitative estimate of drug-likeness (QED) is 0.0382. The molecular formula is C47H60N3O8P. The van der Waals surface area contributed by atoms with Gasteiger partial charge < -0.3 is 42.9 Å². The molecule has 1 aliphatic rings. The third kappa shape index (κ3) is 11.5. The molecule has 316 valence electrons. The smallest absolute Gasteiger partial charge is 0.259 e. The second-order valence-corrected chi connectivity index (χ2v) is 16.6. The number of benzene rings is 4. The molecule has 1 N–H and O–H groups in total. The van der Waals surface area contributed by atoms with Crippen molar-refractivity contribution in [1.29, 1.82) is 0 Å². The summed E-state index contributed by atoms with van der Waals surface area (Å²) in [4.78, 5) is 17.1. The molecule has 12 heteroatoms. The van der Waals surface area contributed by atoms with Crippen molar-refractivity contribution in [2.24, 2.45) is 11.8 Å². The summed E-state index contributed by atoms with van der Waals surface area (Å²) in [6.07, 6.45) is -1.20. The Hall–Kier alpha value is -4.37. The van der Waals surface area contributed by atoms with Gasteiger partial charge in [0.15, 0.2) is 6.29 Å². The second kappa shape index (κ2) is 22.3. The molecule has 1 saturated heterocycles. The van der Waals surface area contributed by atoms with Crippen molar-refractivity contribution in [2.75, 3.05) is 47.2 Å². The highest BCUT2D eigenvalue weighted by atomic mass is 31.2. The van der Waals surface area contributed by atoms with Crippen LogP contribution < -0.4 is 14.8 Å². The molecule has 0 bridgehead atoms. The summed E-state index contributed by atoms with van der Waals surface area (Å²) in [7, 11) is 1.82. The first kappa shape index (κ1) is 45.7. The zero-order valence-corrected chi connectivity index (χ0v) is 36.5. The van der Waals surface area contributed by atoms with E-state index in [-0.39, 0.29) is 68.9 Å². The van der Waals surface area contributed by atoms with Crippen molar-refractivity contribution in [3.63, 3.8) is 0 Å². The van der Waals surface area contributed by atoms with Crippen LogP contribution in [0.4, 0.5) is 0 Å². The topological polar surface area (TPSA) is 101 Å². The normalized spacial score (nSPS) is 20.0. The van der Waals surface area contributed by atoms with Crippen LogP contribution in [0.2, 0.25) is 0 Å². The maximum atomic E-state index is 13.6. The molecule has 4 aromatic carbocycles. The number of carbonyl (C=O) groups excluding carboxylic acids is 1. The predicted molar refractivity (Wildman–Crippen MR) is 231 cm³/mol. The van der Waals surface area contributed by atoms with Crippen molar-refractivity contribution >= 4 is 14.4 Å². The fourth-order valence-corrected chi connectivity index (χ4v) is 9.14. The number of hydrogen-bond donors (Lipinski definition) is 1. The Balaban J connectivity index is 1.42. The van der Waals surface area contributed by atoms with Crippen molar-refractivity contribution < 1.29 is 37.5 Å². The molecule has 1 aliphatic heterocycles. The summed E-state index contributed by atoms with van der Waals surface area (Å²) in [5, 5.41) is 3.24. The van der Waals surface area contributed by atoms with E-state index in [0.29, 0.717) is 5.56 Å². The van der Waals surface area contributed by atoms with Crippen molar-refractivity contribution in [3.05, 3.63) is 143 Å². The molecule has 1 amide bonds. The summed E-state index contributed by atoms with van der Waals surface area (Å²) in [5.74, 6) is 1.18. The summed E-state index contributed by atoms with van der Waals surface area (Å²) in [6, 6.07) is 34.9. The Bertz CT molecular complexity index is 1840. The molecule has 0 aliphatic carbocycles. The molecule has 1 fully saturated rings. The minimum atomic E-state index is -1.48. The average Bonchev–Trinajstić information content (AvgIpc) is 3.26. The largest absolute Gasteiger partial charge is 0.497 e. The number of nitrogens with one attached hydrogen (secondary N) is 1. The van der Waals surface area contributed by atoms with Gasteiger partial charge in [0.1, 0.15) is 23.7 Å². The van der Waals surface area contributed by atoms with Crippen LogP contribution in [0.1, 0.15) is 68.6 Å². The molecule has 0 aromatic heterocycles.